The van der Waals surface area contributed by atoms with Gasteiger partial charge in [0.15, 0.2) is 0 Å². The summed E-state index contributed by atoms with van der Waals surface area (Å²) >= 11 is 1.73. The molecule has 26 heavy (non-hydrogen) atoms. The Kier molecular flexibility index (Phi) is 4.17. The summed E-state index contributed by atoms with van der Waals surface area (Å²) in [6.07, 6.45) is 0.848. The largest absolute Gasteiger partial charge is 0.507 e. The summed E-state index contributed by atoms with van der Waals surface area (Å²) in [5, 5.41) is 11.6. The fourth-order valence-electron chi connectivity index (χ4n) is 3.60. The van der Waals surface area contributed by atoms with Crippen LogP contribution in [0.15, 0.2) is 30.3 Å². The maximum Gasteiger partial charge on any atom is 0.126 e. The van der Waals surface area contributed by atoms with E-state index in [1.54, 1.807) is 11.3 Å². The summed E-state index contributed by atoms with van der Waals surface area (Å²) in [7, 11) is 0. The Bertz CT molecular complexity index is 1030. The van der Waals surface area contributed by atoms with Crippen molar-refractivity contribution in [2.45, 2.75) is 40.2 Å². The fourth-order valence-corrected chi connectivity index (χ4v) is 4.53. The van der Waals surface area contributed by atoms with Crippen LogP contribution in [0.4, 0.5) is 0 Å². The van der Waals surface area contributed by atoms with E-state index in [0.717, 1.165) is 39.3 Å². The highest BCUT2D eigenvalue weighted by atomic mass is 32.1. The van der Waals surface area contributed by atoms with Gasteiger partial charge in [-0.05, 0) is 68.3 Å². The molecule has 2 unspecified atom stereocenters. The first-order valence-corrected chi connectivity index (χ1v) is 9.75. The van der Waals surface area contributed by atoms with Gasteiger partial charge in [-0.2, -0.15) is 0 Å². The Morgan fingerprint density at radius 2 is 1.88 bits per heavy atom. The summed E-state index contributed by atoms with van der Waals surface area (Å²) in [5.41, 5.74) is 3.96. The van der Waals surface area contributed by atoms with Gasteiger partial charge in [-0.3, -0.25) is 0 Å². The molecule has 2 heterocycles. The third kappa shape index (κ3) is 2.75. The van der Waals surface area contributed by atoms with Gasteiger partial charge in [0.1, 0.15) is 17.6 Å². The molecule has 0 bridgehead atoms. The number of thiophene rings is 1. The van der Waals surface area contributed by atoms with E-state index in [1.807, 2.05) is 20.8 Å². The van der Waals surface area contributed by atoms with Crippen LogP contribution in [-0.2, 0) is 6.42 Å². The number of rotatable bonds is 0. The summed E-state index contributed by atoms with van der Waals surface area (Å²) in [5.74, 6) is 8.21. The van der Waals surface area contributed by atoms with Gasteiger partial charge >= 0.3 is 0 Å². The minimum absolute atomic E-state index is 0.0337. The highest BCUT2D eigenvalue weighted by Gasteiger charge is 2.30. The highest BCUT2D eigenvalue weighted by Crippen LogP contribution is 2.42. The molecule has 0 radical (unpaired) electrons. The lowest BCUT2D eigenvalue weighted by Gasteiger charge is -2.32. The zero-order valence-electron chi connectivity index (χ0n) is 15.5. The summed E-state index contributed by atoms with van der Waals surface area (Å²) < 4.78 is 7.49. The van der Waals surface area contributed by atoms with E-state index in [0.29, 0.717) is 5.75 Å². The molecule has 0 fully saturated rings. The average molecular weight is 362 g/mol. The normalized spacial score (nSPS) is 18.8. The quantitative estimate of drug-likeness (QED) is 0.533. The maximum atomic E-state index is 10.4. The molecule has 1 aliphatic rings. The molecule has 1 N–H and O–H groups in total. The topological polar surface area (TPSA) is 29.5 Å². The van der Waals surface area contributed by atoms with Gasteiger partial charge in [0.2, 0.25) is 0 Å². The van der Waals surface area contributed by atoms with Gasteiger partial charge < -0.3 is 9.84 Å². The summed E-state index contributed by atoms with van der Waals surface area (Å²) in [6, 6.07) is 10.5. The number of hydrogen-bond acceptors (Lipinski definition) is 3. The molecule has 2 aromatic carbocycles. The van der Waals surface area contributed by atoms with Crippen LogP contribution >= 0.6 is 11.3 Å². The number of fused-ring (bicyclic) bond motifs is 2. The smallest absolute Gasteiger partial charge is 0.126 e. The molecule has 3 heteroatoms. The minimum Gasteiger partial charge on any atom is -0.507 e. The monoisotopic (exact) mass is 362 g/mol. The number of hydrogen-bond donors (Lipinski definition) is 1. The molecular weight excluding hydrogens is 340 g/mol. The van der Waals surface area contributed by atoms with E-state index < -0.39 is 0 Å². The number of aromatic hydroxyl groups is 1. The predicted octanol–water partition coefficient (Wildman–Crippen LogP) is 5.52. The fraction of sp³-hybridized carbons (Fsp3) is 0.304. The van der Waals surface area contributed by atoms with Crippen molar-refractivity contribution >= 4 is 21.4 Å². The van der Waals surface area contributed by atoms with Crippen LogP contribution in [0.2, 0.25) is 0 Å². The molecule has 2 atom stereocenters. The van der Waals surface area contributed by atoms with Crippen molar-refractivity contribution in [2.75, 3.05) is 0 Å². The van der Waals surface area contributed by atoms with Crippen LogP contribution in [0, 0.1) is 38.5 Å². The second-order valence-electron chi connectivity index (χ2n) is 7.08. The predicted molar refractivity (Wildman–Crippen MR) is 108 cm³/mol. The van der Waals surface area contributed by atoms with Gasteiger partial charge in [-0.1, -0.05) is 30.0 Å². The van der Waals surface area contributed by atoms with E-state index in [2.05, 4.69) is 49.1 Å². The zero-order chi connectivity index (χ0) is 18.4. The molecule has 0 saturated heterocycles. The van der Waals surface area contributed by atoms with Crippen molar-refractivity contribution in [2.24, 2.45) is 5.92 Å². The third-order valence-electron chi connectivity index (χ3n) is 5.44. The van der Waals surface area contributed by atoms with Crippen LogP contribution < -0.4 is 4.74 Å². The van der Waals surface area contributed by atoms with Crippen LogP contribution in [0.3, 0.4) is 0 Å². The molecule has 0 spiro atoms. The lowest BCUT2D eigenvalue weighted by atomic mass is 9.86. The Labute approximate surface area is 158 Å². The molecule has 132 valence electrons. The van der Waals surface area contributed by atoms with E-state index in [4.69, 9.17) is 4.74 Å². The van der Waals surface area contributed by atoms with E-state index in [9.17, 15) is 5.11 Å². The Morgan fingerprint density at radius 1 is 1.12 bits per heavy atom. The van der Waals surface area contributed by atoms with Crippen molar-refractivity contribution < 1.29 is 9.84 Å². The summed E-state index contributed by atoms with van der Waals surface area (Å²) in [4.78, 5) is 1.09. The zero-order valence-corrected chi connectivity index (χ0v) is 16.3. The Balaban J connectivity index is 1.68. The molecule has 1 aromatic heterocycles. The molecule has 0 aliphatic carbocycles. The summed E-state index contributed by atoms with van der Waals surface area (Å²) in [6.45, 7) is 8.02. The van der Waals surface area contributed by atoms with Gasteiger partial charge in [-0.25, -0.2) is 0 Å². The second-order valence-corrected chi connectivity index (χ2v) is 8.17. The second kappa shape index (κ2) is 6.37. The number of ether oxygens (including phenoxy) is 1. The molecule has 0 amide bonds. The number of phenols is 1. The van der Waals surface area contributed by atoms with Crippen LogP contribution in [0.5, 0.6) is 11.5 Å². The number of benzene rings is 2. The van der Waals surface area contributed by atoms with E-state index in [1.165, 1.54) is 10.1 Å². The lowest BCUT2D eigenvalue weighted by Crippen LogP contribution is -2.30. The SMILES string of the molecule is Cc1c(C)c2c(c(C)c1O)CC(C#Cc1cc3ccccc3s1)C(C)O2. The lowest BCUT2D eigenvalue weighted by molar-refractivity contribution is 0.156. The standard InChI is InChI=1S/C23H22O2S/c1-13-14(2)23-20(15(3)22(13)24)12-17(16(4)25-23)9-10-19-11-18-7-5-6-8-21(18)26-19/h5-8,11,16-17,24H,12H2,1-4H3. The van der Waals surface area contributed by atoms with Gasteiger partial charge in [0.25, 0.3) is 0 Å². The average Bonchev–Trinajstić information content (AvgIpc) is 3.06. The van der Waals surface area contributed by atoms with Crippen molar-refractivity contribution in [3.63, 3.8) is 0 Å². The van der Waals surface area contributed by atoms with Gasteiger partial charge in [0, 0.05) is 10.3 Å². The highest BCUT2D eigenvalue weighted by molar-refractivity contribution is 7.19. The van der Waals surface area contributed by atoms with Gasteiger partial charge in [0.05, 0.1) is 10.8 Å². The molecule has 2 nitrogen and oxygen atoms in total. The first kappa shape index (κ1) is 17.0. The van der Waals surface area contributed by atoms with Crippen molar-refractivity contribution in [1.29, 1.82) is 0 Å². The van der Waals surface area contributed by atoms with Crippen molar-refractivity contribution in [3.8, 4) is 23.3 Å². The molecule has 0 saturated carbocycles. The Hall–Kier alpha value is -2.44. The first-order valence-electron chi connectivity index (χ1n) is 8.94. The molecular formula is C23H22O2S. The van der Waals surface area contributed by atoms with E-state index in [-0.39, 0.29) is 12.0 Å². The van der Waals surface area contributed by atoms with Crippen LogP contribution in [0.1, 0.15) is 34.1 Å². The minimum atomic E-state index is 0.0337. The number of phenolic OH excluding ortho intramolecular Hbond substituents is 1. The van der Waals surface area contributed by atoms with Crippen LogP contribution in [-0.4, -0.2) is 11.2 Å². The molecule has 1 aliphatic heterocycles. The van der Waals surface area contributed by atoms with E-state index >= 15 is 0 Å². The van der Waals surface area contributed by atoms with Crippen molar-refractivity contribution in [1.82, 2.24) is 0 Å². The Morgan fingerprint density at radius 3 is 2.65 bits per heavy atom. The molecule has 3 aromatic rings. The van der Waals surface area contributed by atoms with Crippen molar-refractivity contribution in [3.05, 3.63) is 57.5 Å². The maximum absolute atomic E-state index is 10.4. The third-order valence-corrected chi connectivity index (χ3v) is 6.47. The van der Waals surface area contributed by atoms with Crippen LogP contribution in [0.25, 0.3) is 10.1 Å². The van der Waals surface area contributed by atoms with Gasteiger partial charge in [-0.15, -0.1) is 11.3 Å². The first-order chi connectivity index (χ1) is 12.5. The molecule has 4 rings (SSSR count).